The maximum Gasteiger partial charge on any atom is 0.0485 e. The van der Waals surface area contributed by atoms with Crippen LogP contribution < -0.4 is 5.32 Å². The van der Waals surface area contributed by atoms with Gasteiger partial charge >= 0.3 is 0 Å². The Hall–Kier alpha value is -1.76. The highest BCUT2D eigenvalue weighted by molar-refractivity contribution is 5.58. The lowest BCUT2D eigenvalue weighted by atomic mass is 10.0. The second-order valence-corrected chi connectivity index (χ2v) is 5.42. The smallest absolute Gasteiger partial charge is 0.0485 e. The van der Waals surface area contributed by atoms with Crippen LogP contribution >= 0.6 is 0 Å². The van der Waals surface area contributed by atoms with E-state index in [1.807, 2.05) is 0 Å². The van der Waals surface area contributed by atoms with Gasteiger partial charge in [0.1, 0.15) is 0 Å². The van der Waals surface area contributed by atoms with Crippen molar-refractivity contribution in [2.45, 2.75) is 46.6 Å². The fourth-order valence-electron chi connectivity index (χ4n) is 2.57. The van der Waals surface area contributed by atoms with Crippen LogP contribution in [-0.4, -0.2) is 0 Å². The molecule has 0 heterocycles. The third-order valence-corrected chi connectivity index (χ3v) is 3.99. The molecule has 0 aliphatic heterocycles. The topological polar surface area (TPSA) is 12.0 Å². The fraction of sp³-hybridized carbons (Fsp3) is 0.368. The minimum Gasteiger partial charge on any atom is -0.378 e. The van der Waals surface area contributed by atoms with E-state index >= 15 is 0 Å². The molecule has 106 valence electrons. The van der Waals surface area contributed by atoms with E-state index in [0.29, 0.717) is 6.04 Å². The molecule has 2 aromatic carbocycles. The quantitative estimate of drug-likeness (QED) is 0.775. The Morgan fingerprint density at radius 1 is 0.950 bits per heavy atom. The molecule has 20 heavy (non-hydrogen) atoms. The Labute approximate surface area is 123 Å². The molecule has 0 fully saturated rings. The number of anilines is 1. The molecule has 0 radical (unpaired) electrons. The maximum atomic E-state index is 3.68. The van der Waals surface area contributed by atoms with Gasteiger partial charge < -0.3 is 5.32 Å². The zero-order valence-electron chi connectivity index (χ0n) is 13.0. The molecule has 1 nitrogen and oxygen atoms in total. The summed E-state index contributed by atoms with van der Waals surface area (Å²) in [5, 5.41) is 3.68. The van der Waals surface area contributed by atoms with Crippen LogP contribution in [0.1, 0.15) is 49.1 Å². The second-order valence-electron chi connectivity index (χ2n) is 5.42. The fourth-order valence-corrected chi connectivity index (χ4v) is 2.57. The van der Waals surface area contributed by atoms with Gasteiger partial charge in [-0.3, -0.25) is 0 Å². The molecular formula is C19H25N. The molecule has 0 saturated carbocycles. The summed E-state index contributed by atoms with van der Waals surface area (Å²) in [6.45, 7) is 8.80. The third kappa shape index (κ3) is 3.22. The Kier molecular flexibility index (Phi) is 4.84. The monoisotopic (exact) mass is 267 g/mol. The van der Waals surface area contributed by atoms with Crippen molar-refractivity contribution in [2.24, 2.45) is 0 Å². The summed E-state index contributed by atoms with van der Waals surface area (Å²) in [5.41, 5.74) is 6.74. The normalized spacial score (nSPS) is 12.2. The predicted octanol–water partition coefficient (Wildman–Crippen LogP) is 5.29. The highest BCUT2D eigenvalue weighted by atomic mass is 14.9. The highest BCUT2D eigenvalue weighted by Crippen LogP contribution is 2.26. The van der Waals surface area contributed by atoms with E-state index in [0.717, 1.165) is 12.8 Å². The van der Waals surface area contributed by atoms with Gasteiger partial charge in [-0.15, -0.1) is 0 Å². The molecule has 0 aliphatic carbocycles. The van der Waals surface area contributed by atoms with Crippen molar-refractivity contribution in [3.63, 3.8) is 0 Å². The molecule has 0 aliphatic rings. The molecule has 0 aromatic heterocycles. The van der Waals surface area contributed by atoms with Gasteiger partial charge in [-0.25, -0.2) is 0 Å². The van der Waals surface area contributed by atoms with Crippen LogP contribution in [0.5, 0.6) is 0 Å². The molecule has 1 N–H and O–H groups in total. The SMILES string of the molecule is CCc1ccc(C(C)Nc2c(C)cccc2CC)cc1. The Morgan fingerprint density at radius 2 is 1.65 bits per heavy atom. The number of rotatable bonds is 5. The Bertz CT molecular complexity index is 554. The van der Waals surface area contributed by atoms with E-state index in [1.54, 1.807) is 0 Å². The zero-order chi connectivity index (χ0) is 14.5. The summed E-state index contributed by atoms with van der Waals surface area (Å²) in [7, 11) is 0. The number of benzene rings is 2. The van der Waals surface area contributed by atoms with Gasteiger partial charge in [0.25, 0.3) is 0 Å². The molecule has 0 spiro atoms. The number of hydrogen-bond donors (Lipinski definition) is 1. The van der Waals surface area contributed by atoms with Crippen LogP contribution in [0.15, 0.2) is 42.5 Å². The van der Waals surface area contributed by atoms with Crippen LogP contribution in [0.2, 0.25) is 0 Å². The number of hydrogen-bond acceptors (Lipinski definition) is 1. The van der Waals surface area contributed by atoms with E-state index in [2.05, 4.69) is 75.5 Å². The molecule has 1 atom stereocenters. The Balaban J connectivity index is 2.20. The van der Waals surface area contributed by atoms with E-state index in [-0.39, 0.29) is 0 Å². The van der Waals surface area contributed by atoms with Crippen molar-refractivity contribution in [1.82, 2.24) is 0 Å². The first kappa shape index (κ1) is 14.6. The second kappa shape index (κ2) is 6.60. The van der Waals surface area contributed by atoms with Crippen molar-refractivity contribution in [3.05, 3.63) is 64.7 Å². The standard InChI is InChI=1S/C19H25N/c1-5-16-10-12-18(13-11-16)15(4)20-19-14(3)8-7-9-17(19)6-2/h7-13,15,20H,5-6H2,1-4H3. The molecule has 0 amide bonds. The van der Waals surface area contributed by atoms with Crippen LogP contribution in [0.4, 0.5) is 5.69 Å². The highest BCUT2D eigenvalue weighted by Gasteiger charge is 2.09. The largest absolute Gasteiger partial charge is 0.378 e. The van der Waals surface area contributed by atoms with Gasteiger partial charge in [0.2, 0.25) is 0 Å². The van der Waals surface area contributed by atoms with Gasteiger partial charge in [0.05, 0.1) is 0 Å². The maximum absolute atomic E-state index is 3.68. The van der Waals surface area contributed by atoms with E-state index in [4.69, 9.17) is 0 Å². The lowest BCUT2D eigenvalue weighted by Crippen LogP contribution is -2.09. The minimum atomic E-state index is 0.326. The van der Waals surface area contributed by atoms with Crippen LogP contribution in [0.3, 0.4) is 0 Å². The molecule has 1 heteroatoms. The summed E-state index contributed by atoms with van der Waals surface area (Å²) >= 11 is 0. The van der Waals surface area contributed by atoms with Crippen LogP contribution in [0, 0.1) is 6.92 Å². The lowest BCUT2D eigenvalue weighted by Gasteiger charge is -2.20. The summed E-state index contributed by atoms with van der Waals surface area (Å²) in [4.78, 5) is 0. The third-order valence-electron chi connectivity index (χ3n) is 3.99. The summed E-state index contributed by atoms with van der Waals surface area (Å²) in [6, 6.07) is 15.8. The van der Waals surface area contributed by atoms with Crippen molar-refractivity contribution in [2.75, 3.05) is 5.32 Å². The minimum absolute atomic E-state index is 0.326. The lowest BCUT2D eigenvalue weighted by molar-refractivity contribution is 0.875. The van der Waals surface area contributed by atoms with E-state index < -0.39 is 0 Å². The predicted molar refractivity (Wildman–Crippen MR) is 88.4 cm³/mol. The van der Waals surface area contributed by atoms with Gasteiger partial charge in [-0.2, -0.15) is 0 Å². The molecule has 2 rings (SSSR count). The van der Waals surface area contributed by atoms with Crippen molar-refractivity contribution >= 4 is 5.69 Å². The van der Waals surface area contributed by atoms with Crippen molar-refractivity contribution < 1.29 is 0 Å². The van der Waals surface area contributed by atoms with Crippen molar-refractivity contribution in [1.29, 1.82) is 0 Å². The zero-order valence-corrected chi connectivity index (χ0v) is 13.0. The summed E-state index contributed by atoms with van der Waals surface area (Å²) in [5.74, 6) is 0. The van der Waals surface area contributed by atoms with Gasteiger partial charge in [-0.05, 0) is 48.9 Å². The summed E-state index contributed by atoms with van der Waals surface area (Å²) < 4.78 is 0. The molecule has 2 aromatic rings. The molecule has 0 saturated heterocycles. The van der Waals surface area contributed by atoms with Crippen LogP contribution in [-0.2, 0) is 12.8 Å². The number of nitrogens with one attached hydrogen (secondary N) is 1. The van der Waals surface area contributed by atoms with Crippen molar-refractivity contribution in [3.8, 4) is 0 Å². The molecular weight excluding hydrogens is 242 g/mol. The van der Waals surface area contributed by atoms with Gasteiger partial charge in [0.15, 0.2) is 0 Å². The average Bonchev–Trinajstić information content (AvgIpc) is 2.49. The average molecular weight is 267 g/mol. The van der Waals surface area contributed by atoms with E-state index in [1.165, 1.54) is 27.9 Å². The Morgan fingerprint density at radius 3 is 2.25 bits per heavy atom. The van der Waals surface area contributed by atoms with Gasteiger partial charge in [0, 0.05) is 11.7 Å². The van der Waals surface area contributed by atoms with Crippen LogP contribution in [0.25, 0.3) is 0 Å². The van der Waals surface area contributed by atoms with Gasteiger partial charge in [-0.1, -0.05) is 56.3 Å². The molecule has 0 bridgehead atoms. The first-order valence-corrected chi connectivity index (χ1v) is 7.59. The number of para-hydroxylation sites is 1. The molecule has 1 unspecified atom stereocenters. The van der Waals surface area contributed by atoms with E-state index in [9.17, 15) is 0 Å². The first-order valence-electron chi connectivity index (χ1n) is 7.59. The first-order chi connectivity index (χ1) is 9.65. The summed E-state index contributed by atoms with van der Waals surface area (Å²) in [6.07, 6.45) is 2.16. The number of aryl methyl sites for hydroxylation is 3.